The van der Waals surface area contributed by atoms with Crippen LogP contribution in [0.3, 0.4) is 0 Å². The summed E-state index contributed by atoms with van der Waals surface area (Å²) in [6.45, 7) is 0. The van der Waals surface area contributed by atoms with Gasteiger partial charge in [0.15, 0.2) is 0 Å². The lowest BCUT2D eigenvalue weighted by atomic mass is 10.2. The maximum atomic E-state index is 12.6. The second kappa shape index (κ2) is 7.80. The Bertz CT molecular complexity index is 817. The van der Waals surface area contributed by atoms with Crippen molar-refractivity contribution in [3.63, 3.8) is 0 Å². The molecule has 2 aromatic carbocycles. The Morgan fingerprint density at radius 2 is 1.80 bits per heavy atom. The van der Waals surface area contributed by atoms with Gasteiger partial charge in [-0.05, 0) is 48.0 Å². The fourth-order valence-electron chi connectivity index (χ4n) is 1.83. The van der Waals surface area contributed by atoms with Crippen molar-refractivity contribution in [3.05, 3.63) is 63.6 Å². The number of methoxy groups -OCH3 is 1. The lowest BCUT2D eigenvalue weighted by Gasteiger charge is -2.12. The summed E-state index contributed by atoms with van der Waals surface area (Å²) in [7, 11) is 1.24. The molecule has 132 valence electrons. The minimum absolute atomic E-state index is 0.0555. The maximum Gasteiger partial charge on any atom is 0.416 e. The highest BCUT2D eigenvalue weighted by Gasteiger charge is 2.31. The van der Waals surface area contributed by atoms with Gasteiger partial charge in [0, 0.05) is 11.1 Å². The maximum absolute atomic E-state index is 12.6. The van der Waals surface area contributed by atoms with Crippen LogP contribution in [-0.4, -0.2) is 13.1 Å². The van der Waals surface area contributed by atoms with Crippen LogP contribution in [0.4, 0.5) is 13.2 Å². The lowest BCUT2D eigenvalue weighted by molar-refractivity contribution is -0.137. The van der Waals surface area contributed by atoms with Crippen LogP contribution in [0.2, 0.25) is 10.0 Å². The summed E-state index contributed by atoms with van der Waals surface area (Å²) in [6.07, 6.45) is -1.89. The van der Waals surface area contributed by atoms with Gasteiger partial charge in [-0.25, -0.2) is 4.79 Å². The van der Waals surface area contributed by atoms with Crippen LogP contribution in [0.25, 0.3) is 6.08 Å². The lowest BCUT2D eigenvalue weighted by Crippen LogP contribution is -2.04. The largest absolute Gasteiger partial charge is 0.466 e. The van der Waals surface area contributed by atoms with Gasteiger partial charge in [-0.2, -0.15) is 13.2 Å². The Labute approximate surface area is 151 Å². The van der Waals surface area contributed by atoms with Crippen molar-refractivity contribution in [1.29, 1.82) is 0 Å². The molecule has 2 rings (SSSR count). The van der Waals surface area contributed by atoms with Gasteiger partial charge in [0.1, 0.15) is 11.5 Å². The first-order chi connectivity index (χ1) is 11.7. The summed E-state index contributed by atoms with van der Waals surface area (Å²) < 4.78 is 47.9. The highest BCUT2D eigenvalue weighted by Crippen LogP contribution is 2.37. The summed E-state index contributed by atoms with van der Waals surface area (Å²) in [5.74, 6) is -0.219. The number of ether oxygens (including phenoxy) is 2. The molecule has 0 radical (unpaired) electrons. The van der Waals surface area contributed by atoms with Gasteiger partial charge in [-0.15, -0.1) is 0 Å². The van der Waals surface area contributed by atoms with Crippen molar-refractivity contribution in [3.8, 4) is 11.5 Å². The van der Waals surface area contributed by atoms with Crippen LogP contribution in [0, 0.1) is 0 Å². The number of hydrogen-bond donors (Lipinski definition) is 0. The van der Waals surface area contributed by atoms with E-state index in [2.05, 4.69) is 4.74 Å². The molecule has 2 aromatic rings. The van der Waals surface area contributed by atoms with Crippen molar-refractivity contribution in [2.45, 2.75) is 6.18 Å². The first-order valence-corrected chi connectivity index (χ1v) is 7.56. The molecule has 0 aliphatic heterocycles. The van der Waals surface area contributed by atoms with Crippen LogP contribution in [-0.2, 0) is 15.7 Å². The Kier molecular flexibility index (Phi) is 5.98. The van der Waals surface area contributed by atoms with E-state index in [-0.39, 0.29) is 16.5 Å². The number of carbonyl (C=O) groups is 1. The summed E-state index contributed by atoms with van der Waals surface area (Å²) in [5.41, 5.74) is -0.407. The van der Waals surface area contributed by atoms with Crippen molar-refractivity contribution in [2.75, 3.05) is 7.11 Å². The van der Waals surface area contributed by atoms with Gasteiger partial charge in [0.05, 0.1) is 17.7 Å². The van der Waals surface area contributed by atoms with E-state index in [4.69, 9.17) is 27.9 Å². The quantitative estimate of drug-likeness (QED) is 0.474. The fraction of sp³-hybridized carbons (Fsp3) is 0.118. The van der Waals surface area contributed by atoms with E-state index < -0.39 is 17.7 Å². The van der Waals surface area contributed by atoms with E-state index in [1.807, 2.05) is 0 Å². The summed E-state index contributed by atoms with van der Waals surface area (Å²) in [4.78, 5) is 11.1. The van der Waals surface area contributed by atoms with Crippen LogP contribution >= 0.6 is 23.2 Å². The predicted octanol–water partition coefficient (Wildman–Crippen LogP) is 5.99. The number of hydrogen-bond acceptors (Lipinski definition) is 3. The minimum Gasteiger partial charge on any atom is -0.466 e. The van der Waals surface area contributed by atoms with Gasteiger partial charge in [0.25, 0.3) is 0 Å². The van der Waals surface area contributed by atoms with Crippen molar-refractivity contribution in [1.82, 2.24) is 0 Å². The number of alkyl halides is 3. The molecule has 0 N–H and O–H groups in total. The molecular weight excluding hydrogens is 380 g/mol. The first kappa shape index (κ1) is 19.1. The van der Waals surface area contributed by atoms with Crippen LogP contribution in [0.1, 0.15) is 11.1 Å². The molecule has 0 bridgehead atoms. The monoisotopic (exact) mass is 390 g/mol. The van der Waals surface area contributed by atoms with Crippen molar-refractivity contribution < 1.29 is 27.4 Å². The zero-order chi connectivity index (χ0) is 18.6. The van der Waals surface area contributed by atoms with Gasteiger partial charge in [-0.1, -0.05) is 23.2 Å². The average Bonchev–Trinajstić information content (AvgIpc) is 2.55. The summed E-state index contributed by atoms with van der Waals surface area (Å²) >= 11 is 11.9. The third kappa shape index (κ3) is 5.14. The Balaban J connectivity index is 2.26. The molecule has 0 saturated carbocycles. The third-order valence-corrected chi connectivity index (χ3v) is 3.69. The second-order valence-corrected chi connectivity index (χ2v) is 5.60. The highest BCUT2D eigenvalue weighted by molar-refractivity contribution is 6.32. The molecule has 25 heavy (non-hydrogen) atoms. The SMILES string of the molecule is COC(=O)C=Cc1cc(Oc2ccc(C(F)(F)F)cc2Cl)ccc1Cl. The van der Waals surface area contributed by atoms with E-state index in [0.29, 0.717) is 10.6 Å². The number of halogens is 5. The average molecular weight is 391 g/mol. The van der Waals surface area contributed by atoms with Gasteiger partial charge < -0.3 is 9.47 Å². The standard InChI is InChI=1S/C17H11Cl2F3O3/c1-24-16(23)7-2-10-8-12(4-5-13(10)18)25-15-6-3-11(9-14(15)19)17(20,21)22/h2-9H,1H3. The van der Waals surface area contributed by atoms with Gasteiger partial charge in [-0.3, -0.25) is 0 Å². The first-order valence-electron chi connectivity index (χ1n) is 6.81. The van der Waals surface area contributed by atoms with E-state index >= 15 is 0 Å². The molecule has 0 fully saturated rings. The van der Waals surface area contributed by atoms with E-state index in [9.17, 15) is 18.0 Å². The van der Waals surface area contributed by atoms with E-state index in [1.54, 1.807) is 0 Å². The minimum atomic E-state index is -4.49. The van der Waals surface area contributed by atoms with Crippen LogP contribution in [0.15, 0.2) is 42.5 Å². The molecule has 0 aliphatic rings. The Morgan fingerprint density at radius 1 is 1.08 bits per heavy atom. The van der Waals surface area contributed by atoms with E-state index in [0.717, 1.165) is 18.2 Å². The van der Waals surface area contributed by atoms with E-state index in [1.165, 1.54) is 37.5 Å². The third-order valence-electron chi connectivity index (χ3n) is 3.05. The predicted molar refractivity (Wildman–Crippen MR) is 89.0 cm³/mol. The van der Waals surface area contributed by atoms with Gasteiger partial charge in [0.2, 0.25) is 0 Å². The molecule has 0 atom stereocenters. The van der Waals surface area contributed by atoms with Gasteiger partial charge >= 0.3 is 12.1 Å². The molecule has 0 aromatic heterocycles. The molecule has 0 aliphatic carbocycles. The topological polar surface area (TPSA) is 35.5 Å². The molecular formula is C17H11Cl2F3O3. The van der Waals surface area contributed by atoms with Crippen LogP contribution < -0.4 is 4.74 Å². The molecule has 0 amide bonds. The molecule has 0 heterocycles. The number of carbonyl (C=O) groups excluding carboxylic acids is 1. The fourth-order valence-corrected chi connectivity index (χ4v) is 2.23. The zero-order valence-electron chi connectivity index (χ0n) is 12.7. The molecule has 3 nitrogen and oxygen atoms in total. The number of rotatable bonds is 4. The smallest absolute Gasteiger partial charge is 0.416 e. The highest BCUT2D eigenvalue weighted by atomic mass is 35.5. The molecule has 8 heteroatoms. The Morgan fingerprint density at radius 3 is 2.40 bits per heavy atom. The second-order valence-electron chi connectivity index (χ2n) is 4.78. The van der Waals surface area contributed by atoms with Crippen molar-refractivity contribution >= 4 is 35.2 Å². The number of benzene rings is 2. The number of esters is 1. The molecule has 0 unspecified atom stereocenters. The van der Waals surface area contributed by atoms with Crippen molar-refractivity contribution in [2.24, 2.45) is 0 Å². The molecule has 0 spiro atoms. The zero-order valence-corrected chi connectivity index (χ0v) is 14.2. The van der Waals surface area contributed by atoms with Crippen LogP contribution in [0.5, 0.6) is 11.5 Å². The normalized spacial score (nSPS) is 11.6. The Hall–Kier alpha value is -2.18. The summed E-state index contributed by atoms with van der Waals surface area (Å²) in [5, 5.41) is 0.169. The molecule has 0 saturated heterocycles. The summed E-state index contributed by atoms with van der Waals surface area (Å²) in [6, 6.07) is 7.33.